The molecule has 0 bridgehead atoms. The van der Waals surface area contributed by atoms with Crippen LogP contribution in [0.2, 0.25) is 23.2 Å². The molecule has 0 spiro atoms. The van der Waals surface area contributed by atoms with Crippen molar-refractivity contribution in [2.45, 2.75) is 108 Å². The number of fused-ring (bicyclic) bond motifs is 3. The summed E-state index contributed by atoms with van der Waals surface area (Å²) in [6, 6.07) is 4.49. The Morgan fingerprint density at radius 3 is 2.51 bits per heavy atom. The highest BCUT2D eigenvalue weighted by atomic mass is 35.5. The molecule has 3 aliphatic heterocycles. The molecule has 4 aromatic rings. The summed E-state index contributed by atoms with van der Waals surface area (Å²) in [5.74, 6) is 0.586. The van der Waals surface area contributed by atoms with E-state index >= 15 is 0 Å². The van der Waals surface area contributed by atoms with Gasteiger partial charge >= 0.3 is 6.01 Å². The smallest absolute Gasteiger partial charge is 0.301 e. The van der Waals surface area contributed by atoms with E-state index in [0.29, 0.717) is 47.8 Å². The lowest BCUT2D eigenvalue weighted by atomic mass is 10.1. The summed E-state index contributed by atoms with van der Waals surface area (Å²) < 4.78 is 36.0. The van der Waals surface area contributed by atoms with E-state index < -0.39 is 8.32 Å². The van der Waals surface area contributed by atoms with Crippen LogP contribution in [0.3, 0.4) is 0 Å². The van der Waals surface area contributed by atoms with Crippen molar-refractivity contribution < 1.29 is 23.4 Å². The van der Waals surface area contributed by atoms with Crippen LogP contribution >= 0.6 is 11.6 Å². The molecule has 1 aliphatic carbocycles. The van der Waals surface area contributed by atoms with E-state index in [2.05, 4.69) is 50.3 Å². The Morgan fingerprint density at radius 2 is 1.78 bits per heavy atom. The minimum Gasteiger partial charge on any atom is -0.456 e. The lowest BCUT2D eigenvalue weighted by Crippen LogP contribution is -2.47. The van der Waals surface area contributed by atoms with Gasteiger partial charge in [-0.3, -0.25) is 14.2 Å². The highest BCUT2D eigenvalue weighted by Crippen LogP contribution is 2.42. The summed E-state index contributed by atoms with van der Waals surface area (Å²) >= 11 is 6.88. The van der Waals surface area contributed by atoms with E-state index in [0.717, 1.165) is 48.9 Å². The second-order valence-electron chi connectivity index (χ2n) is 15.3. The number of rotatable bonds is 8. The van der Waals surface area contributed by atoms with Crippen LogP contribution in [0.5, 0.6) is 6.01 Å². The third-order valence-electron chi connectivity index (χ3n) is 10.9. The molecule has 8 rings (SSSR count). The predicted octanol–water partition coefficient (Wildman–Crippen LogP) is 6.61. The molecular formula is C35H46ClN7O5Si. The summed E-state index contributed by atoms with van der Waals surface area (Å²) in [4.78, 5) is 14.9. The highest BCUT2D eigenvalue weighted by Gasteiger charge is 2.52. The van der Waals surface area contributed by atoms with Gasteiger partial charge in [-0.1, -0.05) is 32.4 Å². The molecule has 3 saturated heterocycles. The van der Waals surface area contributed by atoms with Crippen molar-refractivity contribution in [1.82, 2.24) is 29.3 Å². The molecule has 6 atom stereocenters. The van der Waals surface area contributed by atoms with Crippen molar-refractivity contribution in [2.24, 2.45) is 7.05 Å². The van der Waals surface area contributed by atoms with Crippen LogP contribution in [0.4, 0.5) is 5.82 Å². The van der Waals surface area contributed by atoms with Crippen molar-refractivity contribution in [3.05, 3.63) is 47.0 Å². The Balaban J connectivity index is 1.05. The SMILES string of the molecule is Cn1cc(-c2cnc3c(c2)CCC3Nc2nc3c(cc2Cl)nc(O[C@@H]2CO[C@H]4[C@@H]2OC[C@H]4O[Si](C)(C)C(C)(C)C)n3C2CCCCO2)cn1. The van der Waals surface area contributed by atoms with Gasteiger partial charge in [0.05, 0.1) is 42.3 Å². The second-order valence-corrected chi connectivity index (χ2v) is 20.5. The minimum atomic E-state index is -2.01. The van der Waals surface area contributed by atoms with Crippen LogP contribution in [0.15, 0.2) is 30.7 Å². The summed E-state index contributed by atoms with van der Waals surface area (Å²) in [6.45, 7) is 12.8. The van der Waals surface area contributed by atoms with Crippen molar-refractivity contribution in [3.8, 4) is 17.1 Å². The fourth-order valence-corrected chi connectivity index (χ4v) is 8.69. The quantitative estimate of drug-likeness (QED) is 0.200. The number of hydrogen-bond donors (Lipinski definition) is 1. The Labute approximate surface area is 292 Å². The molecule has 4 aliphatic rings. The number of halogens is 1. The number of hydrogen-bond acceptors (Lipinski definition) is 10. The van der Waals surface area contributed by atoms with E-state index in [4.69, 9.17) is 49.9 Å². The number of nitrogens with one attached hydrogen (secondary N) is 1. The topological polar surface area (TPSA) is 120 Å². The maximum Gasteiger partial charge on any atom is 0.301 e. The molecule has 2 unspecified atom stereocenters. The number of ether oxygens (including phenoxy) is 4. The first-order valence-electron chi connectivity index (χ1n) is 17.5. The van der Waals surface area contributed by atoms with E-state index in [1.807, 2.05) is 36.3 Å². The molecule has 0 saturated carbocycles. The number of nitrogens with zero attached hydrogens (tertiary/aromatic N) is 6. The molecule has 3 fully saturated rings. The van der Waals surface area contributed by atoms with E-state index in [1.165, 1.54) is 5.56 Å². The molecule has 4 aromatic heterocycles. The van der Waals surface area contributed by atoms with Gasteiger partial charge < -0.3 is 28.7 Å². The Morgan fingerprint density at radius 1 is 0.980 bits per heavy atom. The van der Waals surface area contributed by atoms with E-state index in [1.54, 1.807) is 4.68 Å². The zero-order valence-corrected chi connectivity index (χ0v) is 30.9. The summed E-state index contributed by atoms with van der Waals surface area (Å²) in [5, 5.41) is 8.49. The van der Waals surface area contributed by atoms with Crippen LogP contribution in [0.1, 0.15) is 70.0 Å². The van der Waals surface area contributed by atoms with Crippen LogP contribution in [0.25, 0.3) is 22.3 Å². The second kappa shape index (κ2) is 12.6. The zero-order valence-electron chi connectivity index (χ0n) is 29.1. The molecule has 7 heterocycles. The van der Waals surface area contributed by atoms with Crippen molar-refractivity contribution >= 4 is 36.9 Å². The Bertz CT molecular complexity index is 1850. The molecule has 0 aromatic carbocycles. The van der Waals surface area contributed by atoms with Gasteiger partial charge in [-0.2, -0.15) is 10.1 Å². The number of pyridine rings is 2. The maximum absolute atomic E-state index is 6.88. The van der Waals surface area contributed by atoms with Gasteiger partial charge in [-0.05, 0) is 67.9 Å². The molecule has 262 valence electrons. The standard InChI is InChI=1S/C35H46ClN7O5Si/c1-35(2,3)49(5,6)48-27-19-46-30-26(18-45-31(27)30)47-34-40-25-14-23(36)32(41-33(25)43(34)28-9-7-8-12-44-28)39-24-11-10-20-13-21(15-37-29(20)24)22-16-38-42(4)17-22/h13-17,24,26-28,30-31H,7-12,18-19H2,1-6H3,(H,39,41)/t24?,26-,27-,28?,30-,31-/m1/s1. The van der Waals surface area contributed by atoms with Gasteiger partial charge in [0.2, 0.25) is 0 Å². The number of aromatic nitrogens is 6. The van der Waals surface area contributed by atoms with Gasteiger partial charge in [0.1, 0.15) is 29.8 Å². The van der Waals surface area contributed by atoms with Crippen LogP contribution in [0, 0.1) is 0 Å². The molecule has 0 amide bonds. The maximum atomic E-state index is 6.88. The van der Waals surface area contributed by atoms with Gasteiger partial charge in [0.25, 0.3) is 0 Å². The predicted molar refractivity (Wildman–Crippen MR) is 188 cm³/mol. The first kappa shape index (κ1) is 33.1. The van der Waals surface area contributed by atoms with Crippen molar-refractivity contribution in [3.63, 3.8) is 0 Å². The lowest BCUT2D eigenvalue weighted by molar-refractivity contribution is -0.0406. The molecule has 12 nitrogen and oxygen atoms in total. The zero-order chi connectivity index (χ0) is 34.1. The first-order chi connectivity index (χ1) is 23.4. The first-order valence-corrected chi connectivity index (χ1v) is 20.8. The number of aryl methyl sites for hydroxylation is 2. The van der Waals surface area contributed by atoms with E-state index in [9.17, 15) is 0 Å². The molecule has 14 heteroatoms. The molecular weight excluding hydrogens is 662 g/mol. The summed E-state index contributed by atoms with van der Waals surface area (Å²) in [6.07, 6.45) is 9.32. The third-order valence-corrected chi connectivity index (χ3v) is 15.7. The molecule has 0 radical (unpaired) electrons. The van der Waals surface area contributed by atoms with Crippen LogP contribution in [-0.2, 0) is 32.1 Å². The largest absolute Gasteiger partial charge is 0.456 e. The van der Waals surface area contributed by atoms with Gasteiger partial charge in [-0.15, -0.1) is 0 Å². The Hall–Kier alpha value is -3.07. The van der Waals surface area contributed by atoms with Crippen LogP contribution < -0.4 is 10.1 Å². The average molecular weight is 708 g/mol. The fraction of sp³-hybridized carbons (Fsp3) is 0.600. The Kier molecular flexibility index (Phi) is 8.51. The van der Waals surface area contributed by atoms with E-state index in [-0.39, 0.29) is 41.7 Å². The van der Waals surface area contributed by atoms with Crippen molar-refractivity contribution in [2.75, 3.05) is 25.1 Å². The minimum absolute atomic E-state index is 0.0213. The van der Waals surface area contributed by atoms with Gasteiger partial charge in [-0.25, -0.2) is 4.98 Å². The van der Waals surface area contributed by atoms with Gasteiger partial charge in [0.15, 0.2) is 20.1 Å². The van der Waals surface area contributed by atoms with Crippen molar-refractivity contribution in [1.29, 1.82) is 0 Å². The number of anilines is 1. The van der Waals surface area contributed by atoms with Crippen LogP contribution in [-0.4, -0.2) is 81.9 Å². The number of imidazole rings is 1. The average Bonchev–Trinajstić information content (AvgIpc) is 3.89. The third kappa shape index (κ3) is 6.16. The molecule has 49 heavy (non-hydrogen) atoms. The molecule has 1 N–H and O–H groups in total. The summed E-state index contributed by atoms with van der Waals surface area (Å²) in [7, 11) is -0.0879. The monoisotopic (exact) mass is 707 g/mol. The summed E-state index contributed by atoms with van der Waals surface area (Å²) in [5.41, 5.74) is 5.66. The highest BCUT2D eigenvalue weighted by molar-refractivity contribution is 6.74. The lowest BCUT2D eigenvalue weighted by Gasteiger charge is -2.39. The normalized spacial score (nSPS) is 27.1. The fourth-order valence-electron chi connectivity index (χ4n) is 7.17. The van der Waals surface area contributed by atoms with Gasteiger partial charge in [0, 0.05) is 37.2 Å².